The van der Waals surface area contributed by atoms with Crippen molar-refractivity contribution in [3.8, 4) is 0 Å². The van der Waals surface area contributed by atoms with Gasteiger partial charge in [0.2, 0.25) is 0 Å². The van der Waals surface area contributed by atoms with Crippen LogP contribution in [0.3, 0.4) is 0 Å². The van der Waals surface area contributed by atoms with E-state index in [4.69, 9.17) is 4.74 Å². The van der Waals surface area contributed by atoms with Crippen LogP contribution in [-0.2, 0) is 9.53 Å². The molecule has 2 heteroatoms. The van der Waals surface area contributed by atoms with Gasteiger partial charge in [-0.2, -0.15) is 0 Å². The molecule has 0 spiro atoms. The van der Waals surface area contributed by atoms with Crippen molar-refractivity contribution < 1.29 is 9.53 Å². The van der Waals surface area contributed by atoms with E-state index < -0.39 is 0 Å². The maximum Gasteiger partial charge on any atom is 0.305 e. The van der Waals surface area contributed by atoms with Crippen LogP contribution in [0.2, 0.25) is 0 Å². The minimum Gasteiger partial charge on any atom is -0.465 e. The first-order chi connectivity index (χ1) is 7.79. The number of cyclic esters (lactones) is 1. The van der Waals surface area contributed by atoms with Crippen molar-refractivity contribution in [2.75, 3.05) is 6.61 Å². The van der Waals surface area contributed by atoms with Gasteiger partial charge in [-0.15, -0.1) is 0 Å². The average Bonchev–Trinajstić information content (AvgIpc) is 2.26. The third-order valence-corrected chi connectivity index (χ3v) is 2.78. The summed E-state index contributed by atoms with van der Waals surface area (Å²) in [5.74, 6) is -0.0516. The molecular weight excluding hydrogens is 200 g/mol. The standard InChI is InChI=1S/C14H22O2/c1-13-9-5-3-2-4-6-11-14(15)16-12-8-7-10-13/h7,10H,1-6,8-9,11-12H2/b10-7+. The fourth-order valence-electron chi connectivity index (χ4n) is 1.80. The van der Waals surface area contributed by atoms with E-state index in [0.29, 0.717) is 13.0 Å². The Hall–Kier alpha value is -1.05. The molecule has 0 bridgehead atoms. The molecule has 0 aromatic rings. The Kier molecular flexibility index (Phi) is 6.62. The molecular formula is C14H22O2. The summed E-state index contributed by atoms with van der Waals surface area (Å²) < 4.78 is 5.10. The Balaban J connectivity index is 2.33. The molecule has 1 aliphatic rings. The van der Waals surface area contributed by atoms with Crippen molar-refractivity contribution in [2.45, 2.75) is 51.4 Å². The maximum atomic E-state index is 11.3. The predicted octanol–water partition coefficient (Wildman–Crippen LogP) is 3.78. The van der Waals surface area contributed by atoms with Gasteiger partial charge in [-0.25, -0.2) is 0 Å². The minimum absolute atomic E-state index is 0.0516. The third kappa shape index (κ3) is 6.44. The molecule has 0 atom stereocenters. The Bertz CT molecular complexity index is 253. The van der Waals surface area contributed by atoms with Gasteiger partial charge in [0.05, 0.1) is 6.61 Å². The molecule has 1 rings (SSSR count). The van der Waals surface area contributed by atoms with Gasteiger partial charge < -0.3 is 4.74 Å². The number of carbonyl (C=O) groups is 1. The van der Waals surface area contributed by atoms with Gasteiger partial charge in [0, 0.05) is 6.42 Å². The topological polar surface area (TPSA) is 26.3 Å². The number of hydrogen-bond donors (Lipinski definition) is 0. The fraction of sp³-hybridized carbons (Fsp3) is 0.643. The summed E-state index contributed by atoms with van der Waals surface area (Å²) in [6.45, 7) is 4.51. The van der Waals surface area contributed by atoms with Crippen molar-refractivity contribution >= 4 is 5.97 Å². The molecule has 0 aromatic heterocycles. The summed E-state index contributed by atoms with van der Waals surface area (Å²) in [6.07, 6.45) is 12.3. The molecule has 1 aliphatic heterocycles. The molecule has 0 aromatic carbocycles. The highest BCUT2D eigenvalue weighted by atomic mass is 16.5. The summed E-state index contributed by atoms with van der Waals surface area (Å²) >= 11 is 0. The smallest absolute Gasteiger partial charge is 0.305 e. The lowest BCUT2D eigenvalue weighted by Crippen LogP contribution is -2.05. The predicted molar refractivity (Wildman–Crippen MR) is 66.2 cm³/mol. The van der Waals surface area contributed by atoms with Crippen LogP contribution < -0.4 is 0 Å². The molecule has 0 saturated carbocycles. The molecule has 2 nitrogen and oxygen atoms in total. The van der Waals surface area contributed by atoms with Crippen LogP contribution in [-0.4, -0.2) is 12.6 Å². The van der Waals surface area contributed by atoms with Crippen LogP contribution in [0.5, 0.6) is 0 Å². The van der Waals surface area contributed by atoms with Gasteiger partial charge in [0.25, 0.3) is 0 Å². The Labute approximate surface area is 98.4 Å². The molecule has 0 amide bonds. The van der Waals surface area contributed by atoms with Crippen molar-refractivity contribution in [3.63, 3.8) is 0 Å². The first-order valence-corrected chi connectivity index (χ1v) is 6.29. The molecule has 90 valence electrons. The highest BCUT2D eigenvalue weighted by Gasteiger charge is 2.02. The highest BCUT2D eigenvalue weighted by molar-refractivity contribution is 5.69. The Morgan fingerprint density at radius 1 is 1.06 bits per heavy atom. The zero-order valence-corrected chi connectivity index (χ0v) is 10.0. The second kappa shape index (κ2) is 8.14. The summed E-state index contributed by atoms with van der Waals surface area (Å²) in [5, 5.41) is 0. The first-order valence-electron chi connectivity index (χ1n) is 6.29. The van der Waals surface area contributed by atoms with E-state index in [2.05, 4.69) is 12.7 Å². The van der Waals surface area contributed by atoms with E-state index in [0.717, 1.165) is 25.7 Å². The number of hydrogen-bond acceptors (Lipinski definition) is 2. The normalized spacial score (nSPS) is 23.2. The lowest BCUT2D eigenvalue weighted by atomic mass is 10.1. The quantitative estimate of drug-likeness (QED) is 0.583. The third-order valence-electron chi connectivity index (χ3n) is 2.78. The molecule has 0 fully saturated rings. The van der Waals surface area contributed by atoms with Crippen molar-refractivity contribution in [1.29, 1.82) is 0 Å². The second-order valence-electron chi connectivity index (χ2n) is 4.34. The fourth-order valence-corrected chi connectivity index (χ4v) is 1.80. The first kappa shape index (κ1) is 13.0. The van der Waals surface area contributed by atoms with Gasteiger partial charge >= 0.3 is 5.97 Å². The van der Waals surface area contributed by atoms with E-state index in [1.165, 1.54) is 24.8 Å². The monoisotopic (exact) mass is 222 g/mol. The molecule has 0 unspecified atom stereocenters. The van der Waals surface area contributed by atoms with Gasteiger partial charge in [-0.05, 0) is 25.7 Å². The zero-order valence-electron chi connectivity index (χ0n) is 10.0. The van der Waals surface area contributed by atoms with E-state index >= 15 is 0 Å². The molecule has 0 radical (unpaired) electrons. The lowest BCUT2D eigenvalue weighted by Gasteiger charge is -2.05. The van der Waals surface area contributed by atoms with E-state index in [1.54, 1.807) is 0 Å². The van der Waals surface area contributed by atoms with Crippen LogP contribution in [0, 0.1) is 0 Å². The largest absolute Gasteiger partial charge is 0.465 e. The number of carbonyl (C=O) groups excluding carboxylic acids is 1. The van der Waals surface area contributed by atoms with Crippen LogP contribution in [0.15, 0.2) is 24.3 Å². The SMILES string of the molecule is C=C1/C=C/CCOC(=O)CCCCCCC1. The van der Waals surface area contributed by atoms with Crippen molar-refractivity contribution in [3.05, 3.63) is 24.3 Å². The number of ether oxygens (including phenoxy) is 1. The summed E-state index contributed by atoms with van der Waals surface area (Å²) in [5.41, 5.74) is 1.18. The summed E-state index contributed by atoms with van der Waals surface area (Å²) in [7, 11) is 0. The van der Waals surface area contributed by atoms with Crippen LogP contribution in [0.4, 0.5) is 0 Å². The van der Waals surface area contributed by atoms with Crippen LogP contribution >= 0.6 is 0 Å². The van der Waals surface area contributed by atoms with E-state index in [1.807, 2.05) is 6.08 Å². The average molecular weight is 222 g/mol. The van der Waals surface area contributed by atoms with E-state index in [9.17, 15) is 4.79 Å². The number of rotatable bonds is 0. The molecule has 1 heterocycles. The number of esters is 1. The number of allylic oxidation sites excluding steroid dienone is 2. The van der Waals surface area contributed by atoms with Crippen LogP contribution in [0.1, 0.15) is 51.4 Å². The molecule has 16 heavy (non-hydrogen) atoms. The zero-order chi connectivity index (χ0) is 11.6. The molecule has 0 N–H and O–H groups in total. The van der Waals surface area contributed by atoms with Crippen molar-refractivity contribution in [1.82, 2.24) is 0 Å². The lowest BCUT2D eigenvalue weighted by molar-refractivity contribution is -0.143. The van der Waals surface area contributed by atoms with Crippen molar-refractivity contribution in [2.24, 2.45) is 0 Å². The minimum atomic E-state index is -0.0516. The summed E-state index contributed by atoms with van der Waals surface area (Å²) in [6, 6.07) is 0. The Morgan fingerprint density at radius 2 is 1.75 bits per heavy atom. The maximum absolute atomic E-state index is 11.3. The molecule has 0 saturated heterocycles. The molecule has 0 aliphatic carbocycles. The van der Waals surface area contributed by atoms with Gasteiger partial charge in [0.15, 0.2) is 0 Å². The van der Waals surface area contributed by atoms with Gasteiger partial charge in [-0.3, -0.25) is 4.79 Å². The van der Waals surface area contributed by atoms with E-state index in [-0.39, 0.29) is 5.97 Å². The van der Waals surface area contributed by atoms with Crippen LogP contribution in [0.25, 0.3) is 0 Å². The highest BCUT2D eigenvalue weighted by Crippen LogP contribution is 2.12. The second-order valence-corrected chi connectivity index (χ2v) is 4.34. The Morgan fingerprint density at radius 3 is 2.56 bits per heavy atom. The van der Waals surface area contributed by atoms with Gasteiger partial charge in [0.1, 0.15) is 0 Å². The summed E-state index contributed by atoms with van der Waals surface area (Å²) in [4.78, 5) is 11.3. The van der Waals surface area contributed by atoms with Gasteiger partial charge in [-0.1, -0.05) is 43.6 Å².